The second-order valence-corrected chi connectivity index (χ2v) is 4.75. The Morgan fingerprint density at radius 2 is 2.00 bits per heavy atom. The highest BCUT2D eigenvalue weighted by atomic mass is 127. The molecular weight excluding hydrogens is 269 g/mol. The Morgan fingerprint density at radius 1 is 1.42 bits per heavy atom. The molecule has 0 saturated carbocycles. The second kappa shape index (κ2) is 5.75. The minimum absolute atomic E-state index is 0.0853. The Labute approximate surface area is 87.8 Å². The summed E-state index contributed by atoms with van der Waals surface area (Å²) >= 11 is 2.17. The Balaban J connectivity index is 3.37. The number of halogens is 1. The molecule has 0 N–H and O–H groups in total. The molecule has 0 aromatic heterocycles. The number of likely N-dealkylation sites (N-methyl/N-ethyl adjacent to an activating group) is 1. The van der Waals surface area contributed by atoms with Crippen LogP contribution in [0.5, 0.6) is 0 Å². The maximum absolute atomic E-state index is 10.9. The molecule has 0 unspecified atom stereocenters. The molecule has 0 atom stereocenters. The van der Waals surface area contributed by atoms with Crippen LogP contribution < -0.4 is 0 Å². The number of carbonyl (C=O) groups excluding carboxylic acids is 1. The second-order valence-electron chi connectivity index (χ2n) is 3.67. The largest absolute Gasteiger partial charge is 0.460 e. The Morgan fingerprint density at radius 3 is 2.42 bits per heavy atom. The van der Waals surface area contributed by atoms with E-state index in [1.54, 1.807) is 0 Å². The van der Waals surface area contributed by atoms with Gasteiger partial charge < -0.3 is 9.22 Å². The van der Waals surface area contributed by atoms with E-state index < -0.39 is 0 Å². The number of hydrogen-bond donors (Lipinski definition) is 0. The molecule has 0 aliphatic heterocycles. The van der Waals surface area contributed by atoms with E-state index in [9.17, 15) is 4.79 Å². The van der Waals surface area contributed by atoms with Gasteiger partial charge in [0, 0.05) is 4.43 Å². The van der Waals surface area contributed by atoms with E-state index in [1.807, 2.05) is 0 Å². The van der Waals surface area contributed by atoms with Gasteiger partial charge in [-0.3, -0.25) is 4.79 Å². The summed E-state index contributed by atoms with van der Waals surface area (Å²) < 4.78 is 6.66. The monoisotopic (exact) mass is 286 g/mol. The van der Waals surface area contributed by atoms with Gasteiger partial charge in [0.2, 0.25) is 0 Å². The highest BCUT2D eigenvalue weighted by molar-refractivity contribution is 14.1. The predicted octanol–water partition coefficient (Wildman–Crippen LogP) is 1.06. The molecule has 0 rings (SSSR count). The number of carbonyl (C=O) groups is 1. The van der Waals surface area contributed by atoms with Gasteiger partial charge in [-0.1, -0.05) is 22.6 Å². The van der Waals surface area contributed by atoms with Crippen LogP contribution in [0.25, 0.3) is 0 Å². The van der Waals surface area contributed by atoms with Gasteiger partial charge >= 0.3 is 5.97 Å². The van der Waals surface area contributed by atoms with Crippen LogP contribution in [0.4, 0.5) is 0 Å². The van der Waals surface area contributed by atoms with E-state index >= 15 is 0 Å². The van der Waals surface area contributed by atoms with Gasteiger partial charge in [0.25, 0.3) is 0 Å². The summed E-state index contributed by atoms with van der Waals surface area (Å²) in [4.78, 5) is 10.9. The number of hydrogen-bond acceptors (Lipinski definition) is 2. The molecule has 0 fully saturated rings. The number of alkyl halides is 1. The zero-order valence-electron chi connectivity index (χ0n) is 7.97. The van der Waals surface area contributed by atoms with Crippen molar-refractivity contribution in [3.8, 4) is 0 Å². The summed E-state index contributed by atoms with van der Waals surface area (Å²) in [6.45, 7) is 1.39. The minimum Gasteiger partial charge on any atom is -0.460 e. The summed E-state index contributed by atoms with van der Waals surface area (Å²) in [5.74, 6) is -0.0853. The molecule has 0 aromatic rings. The molecule has 0 heterocycles. The van der Waals surface area contributed by atoms with Crippen molar-refractivity contribution >= 4 is 28.6 Å². The zero-order valence-corrected chi connectivity index (χ0v) is 10.1. The van der Waals surface area contributed by atoms with Crippen molar-refractivity contribution in [3.05, 3.63) is 0 Å². The van der Waals surface area contributed by atoms with Gasteiger partial charge in [-0.2, -0.15) is 0 Å². The van der Waals surface area contributed by atoms with E-state index in [-0.39, 0.29) is 5.97 Å². The van der Waals surface area contributed by atoms with Crippen LogP contribution in [0.3, 0.4) is 0 Å². The fourth-order valence-electron chi connectivity index (χ4n) is 0.583. The molecular formula is C8H17INO2+. The topological polar surface area (TPSA) is 26.3 Å². The number of quaternary nitrogens is 1. The molecule has 0 spiro atoms. The molecule has 0 amide bonds. The Hall–Kier alpha value is 0.160. The van der Waals surface area contributed by atoms with Gasteiger partial charge in [0.15, 0.2) is 0 Å². The molecule has 0 bridgehead atoms. The normalized spacial score (nSPS) is 11.3. The molecule has 0 aliphatic rings. The summed E-state index contributed by atoms with van der Waals surface area (Å²) in [6, 6.07) is 0. The zero-order chi connectivity index (χ0) is 9.61. The fourth-order valence-corrected chi connectivity index (χ4v) is 1.02. The van der Waals surface area contributed by atoms with Crippen molar-refractivity contribution in [2.24, 2.45) is 0 Å². The van der Waals surface area contributed by atoms with Crippen molar-refractivity contribution in [2.75, 3.05) is 38.7 Å². The van der Waals surface area contributed by atoms with Crippen LogP contribution in [-0.4, -0.2) is 49.2 Å². The van der Waals surface area contributed by atoms with Crippen LogP contribution in [0.15, 0.2) is 0 Å². The van der Waals surface area contributed by atoms with Gasteiger partial charge in [0.05, 0.1) is 27.6 Å². The number of ether oxygens (including phenoxy) is 1. The molecule has 4 heteroatoms. The van der Waals surface area contributed by atoms with Crippen LogP contribution in [0, 0.1) is 0 Å². The summed E-state index contributed by atoms with van der Waals surface area (Å²) in [5, 5.41) is 0. The first-order valence-electron chi connectivity index (χ1n) is 3.98. The van der Waals surface area contributed by atoms with Crippen molar-refractivity contribution in [2.45, 2.75) is 6.42 Å². The van der Waals surface area contributed by atoms with E-state index in [4.69, 9.17) is 4.74 Å². The van der Waals surface area contributed by atoms with Gasteiger partial charge in [-0.25, -0.2) is 0 Å². The van der Waals surface area contributed by atoms with Gasteiger partial charge in [-0.15, -0.1) is 0 Å². The van der Waals surface area contributed by atoms with Gasteiger partial charge in [-0.05, 0) is 0 Å². The highest BCUT2D eigenvalue weighted by Crippen LogP contribution is 1.94. The number of rotatable bonds is 5. The highest BCUT2D eigenvalue weighted by Gasteiger charge is 2.08. The molecule has 72 valence electrons. The molecule has 0 aromatic carbocycles. The first-order valence-corrected chi connectivity index (χ1v) is 5.50. The van der Waals surface area contributed by atoms with E-state index in [2.05, 4.69) is 43.7 Å². The smallest absolute Gasteiger partial charge is 0.306 e. The minimum atomic E-state index is -0.0853. The van der Waals surface area contributed by atoms with E-state index in [0.717, 1.165) is 15.5 Å². The molecule has 0 radical (unpaired) electrons. The number of nitrogens with zero attached hydrogens (tertiary/aromatic N) is 1. The van der Waals surface area contributed by atoms with Crippen LogP contribution in [-0.2, 0) is 9.53 Å². The maximum Gasteiger partial charge on any atom is 0.306 e. The summed E-state index contributed by atoms with van der Waals surface area (Å²) in [5.41, 5.74) is 0. The Bertz CT molecular complexity index is 142. The molecule has 0 saturated heterocycles. The third kappa shape index (κ3) is 8.26. The van der Waals surface area contributed by atoms with Crippen molar-refractivity contribution < 1.29 is 14.0 Å². The first kappa shape index (κ1) is 12.2. The SMILES string of the molecule is C[N+](C)(C)CCOC(=O)CCI. The van der Waals surface area contributed by atoms with Crippen molar-refractivity contribution in [1.29, 1.82) is 0 Å². The number of esters is 1. The van der Waals surface area contributed by atoms with E-state index in [1.165, 1.54) is 0 Å². The van der Waals surface area contributed by atoms with Crippen LogP contribution in [0.1, 0.15) is 6.42 Å². The lowest BCUT2D eigenvalue weighted by Gasteiger charge is -2.23. The predicted molar refractivity (Wildman–Crippen MR) is 57.4 cm³/mol. The Kier molecular flexibility index (Phi) is 5.82. The first-order chi connectivity index (χ1) is 5.45. The van der Waals surface area contributed by atoms with Crippen molar-refractivity contribution in [3.63, 3.8) is 0 Å². The summed E-state index contributed by atoms with van der Waals surface area (Å²) in [6.07, 6.45) is 0.525. The molecule has 3 nitrogen and oxygen atoms in total. The lowest BCUT2D eigenvalue weighted by atomic mass is 10.5. The lowest BCUT2D eigenvalue weighted by Crippen LogP contribution is -2.38. The molecule has 0 aliphatic carbocycles. The lowest BCUT2D eigenvalue weighted by molar-refractivity contribution is -0.870. The fraction of sp³-hybridized carbons (Fsp3) is 0.875. The summed E-state index contributed by atoms with van der Waals surface area (Å²) in [7, 11) is 6.23. The maximum atomic E-state index is 10.9. The quantitative estimate of drug-likeness (QED) is 0.327. The van der Waals surface area contributed by atoms with Gasteiger partial charge in [0.1, 0.15) is 13.2 Å². The standard InChI is InChI=1S/C8H17INO2/c1-10(2,3)6-7-12-8(11)4-5-9/h4-7H2,1-3H3/q+1. The third-order valence-corrected chi connectivity index (χ3v) is 1.86. The van der Waals surface area contributed by atoms with Crippen LogP contribution in [0.2, 0.25) is 0 Å². The average molecular weight is 286 g/mol. The average Bonchev–Trinajstić information content (AvgIpc) is 1.84. The third-order valence-electron chi connectivity index (χ3n) is 1.32. The van der Waals surface area contributed by atoms with E-state index in [0.29, 0.717) is 13.0 Å². The van der Waals surface area contributed by atoms with Crippen LogP contribution >= 0.6 is 22.6 Å². The van der Waals surface area contributed by atoms with Crippen molar-refractivity contribution in [1.82, 2.24) is 0 Å². The molecule has 12 heavy (non-hydrogen) atoms.